The molecule has 1 amide bonds. The van der Waals surface area contributed by atoms with E-state index in [0.717, 1.165) is 9.99 Å². The lowest BCUT2D eigenvalue weighted by molar-refractivity contribution is 0.102. The number of carbonyl (C=O) groups is 1. The summed E-state index contributed by atoms with van der Waals surface area (Å²) in [5, 5.41) is 6.76. The van der Waals surface area contributed by atoms with Crippen molar-refractivity contribution in [3.8, 4) is 5.69 Å². The smallest absolute Gasteiger partial charge is 0.255 e. The maximum Gasteiger partial charge on any atom is 0.255 e. The lowest BCUT2D eigenvalue weighted by Gasteiger charge is -2.12. The van der Waals surface area contributed by atoms with Gasteiger partial charge in [0.15, 0.2) is 0 Å². The fraction of sp³-hybridized carbons (Fsp3) is 0.118. The number of hydrogen-bond acceptors (Lipinski definition) is 5. The first-order valence-electron chi connectivity index (χ1n) is 7.67. The Morgan fingerprint density at radius 1 is 1.04 bits per heavy atom. The predicted octanol–water partition coefficient (Wildman–Crippen LogP) is 1.77. The number of nitrogens with one attached hydrogen (secondary N) is 1. The molecule has 2 aromatic carbocycles. The molecule has 0 bridgehead atoms. The number of aromatic nitrogens is 3. The first-order valence-corrected chi connectivity index (χ1v) is 9.11. The highest BCUT2D eigenvalue weighted by Crippen LogP contribution is 2.17. The van der Waals surface area contributed by atoms with Gasteiger partial charge in [0, 0.05) is 25.3 Å². The van der Waals surface area contributed by atoms with Gasteiger partial charge in [-0.25, -0.2) is 22.4 Å². The summed E-state index contributed by atoms with van der Waals surface area (Å²) in [6, 6.07) is 12.9. The molecule has 8 nitrogen and oxygen atoms in total. The molecule has 3 rings (SSSR count). The van der Waals surface area contributed by atoms with Crippen LogP contribution in [0.4, 0.5) is 5.69 Å². The standard InChI is InChI=1S/C17H17N5O3S/c1-21(2)26(24,25)16-9-5-14(6-10-16)20-17(23)13-3-7-15(8-4-13)22-12-18-11-19-22/h3-12H,1-2H3,(H,20,23). The van der Waals surface area contributed by atoms with Crippen LogP contribution in [0.3, 0.4) is 0 Å². The molecule has 26 heavy (non-hydrogen) atoms. The molecule has 3 aromatic rings. The summed E-state index contributed by atoms with van der Waals surface area (Å²) in [4.78, 5) is 16.4. The van der Waals surface area contributed by atoms with Crippen LogP contribution in [0.1, 0.15) is 10.4 Å². The first-order chi connectivity index (χ1) is 12.4. The van der Waals surface area contributed by atoms with Crippen molar-refractivity contribution in [2.75, 3.05) is 19.4 Å². The van der Waals surface area contributed by atoms with Crippen LogP contribution in [0.15, 0.2) is 66.1 Å². The van der Waals surface area contributed by atoms with E-state index in [0.29, 0.717) is 11.3 Å². The van der Waals surface area contributed by atoms with E-state index in [1.54, 1.807) is 47.4 Å². The largest absolute Gasteiger partial charge is 0.322 e. The number of rotatable bonds is 5. The van der Waals surface area contributed by atoms with Crippen LogP contribution in [0.5, 0.6) is 0 Å². The highest BCUT2D eigenvalue weighted by molar-refractivity contribution is 7.89. The van der Waals surface area contributed by atoms with Gasteiger partial charge in [0.2, 0.25) is 10.0 Å². The second-order valence-corrected chi connectivity index (χ2v) is 7.80. The van der Waals surface area contributed by atoms with E-state index in [9.17, 15) is 13.2 Å². The average molecular weight is 371 g/mol. The van der Waals surface area contributed by atoms with Crippen LogP contribution < -0.4 is 5.32 Å². The summed E-state index contributed by atoms with van der Waals surface area (Å²) in [6.07, 6.45) is 3.00. The zero-order chi connectivity index (χ0) is 18.7. The molecule has 0 aliphatic heterocycles. The lowest BCUT2D eigenvalue weighted by atomic mass is 10.2. The molecule has 0 aliphatic carbocycles. The molecule has 0 unspecified atom stereocenters. The number of sulfonamides is 1. The van der Waals surface area contributed by atoms with Gasteiger partial charge in [-0.15, -0.1) is 0 Å². The fourth-order valence-corrected chi connectivity index (χ4v) is 3.13. The van der Waals surface area contributed by atoms with Crippen LogP contribution in [0.25, 0.3) is 5.69 Å². The Bertz CT molecular complexity index is 996. The molecule has 0 spiro atoms. The average Bonchev–Trinajstić information content (AvgIpc) is 3.17. The van der Waals surface area contributed by atoms with E-state index < -0.39 is 10.0 Å². The van der Waals surface area contributed by atoms with Crippen molar-refractivity contribution >= 4 is 21.6 Å². The third-order valence-corrected chi connectivity index (χ3v) is 5.53. The highest BCUT2D eigenvalue weighted by Gasteiger charge is 2.16. The summed E-state index contributed by atoms with van der Waals surface area (Å²) in [6.45, 7) is 0. The molecule has 0 saturated carbocycles. The topological polar surface area (TPSA) is 97.2 Å². The molecule has 0 aliphatic rings. The van der Waals surface area contributed by atoms with Gasteiger partial charge in [-0.05, 0) is 48.5 Å². The first kappa shape index (κ1) is 17.8. The van der Waals surface area contributed by atoms with Crippen molar-refractivity contribution in [2.45, 2.75) is 4.90 Å². The van der Waals surface area contributed by atoms with Crippen LogP contribution in [-0.2, 0) is 10.0 Å². The molecule has 1 N–H and O–H groups in total. The summed E-state index contributed by atoms with van der Waals surface area (Å²) in [7, 11) is -0.561. The van der Waals surface area contributed by atoms with Gasteiger partial charge in [-0.3, -0.25) is 4.79 Å². The molecule has 0 radical (unpaired) electrons. The van der Waals surface area contributed by atoms with Gasteiger partial charge in [0.25, 0.3) is 5.91 Å². The Balaban J connectivity index is 1.72. The zero-order valence-electron chi connectivity index (χ0n) is 14.2. The Kier molecular flexibility index (Phi) is 4.83. The number of amides is 1. The van der Waals surface area contributed by atoms with E-state index in [2.05, 4.69) is 15.4 Å². The van der Waals surface area contributed by atoms with Crippen molar-refractivity contribution in [2.24, 2.45) is 0 Å². The molecule has 134 valence electrons. The fourth-order valence-electron chi connectivity index (χ4n) is 2.23. The SMILES string of the molecule is CN(C)S(=O)(=O)c1ccc(NC(=O)c2ccc(-n3cncn3)cc2)cc1. The molecule has 9 heteroatoms. The molecular weight excluding hydrogens is 354 g/mol. The van der Waals surface area contributed by atoms with Crippen molar-refractivity contribution in [1.29, 1.82) is 0 Å². The van der Waals surface area contributed by atoms with Gasteiger partial charge >= 0.3 is 0 Å². The Hall–Kier alpha value is -3.04. The molecular formula is C17H17N5O3S. The normalized spacial score (nSPS) is 11.5. The summed E-state index contributed by atoms with van der Waals surface area (Å²) in [5.74, 6) is -0.293. The molecule has 0 atom stereocenters. The van der Waals surface area contributed by atoms with E-state index >= 15 is 0 Å². The van der Waals surface area contributed by atoms with Gasteiger partial charge in [0.1, 0.15) is 12.7 Å². The minimum absolute atomic E-state index is 0.165. The van der Waals surface area contributed by atoms with Crippen LogP contribution in [0, 0.1) is 0 Å². The number of nitrogens with zero attached hydrogens (tertiary/aromatic N) is 4. The van der Waals surface area contributed by atoms with Crippen LogP contribution in [-0.4, -0.2) is 47.5 Å². The third kappa shape index (κ3) is 3.63. The van der Waals surface area contributed by atoms with Gasteiger partial charge in [0.05, 0.1) is 10.6 Å². The zero-order valence-corrected chi connectivity index (χ0v) is 15.0. The van der Waals surface area contributed by atoms with Gasteiger partial charge in [-0.2, -0.15) is 5.10 Å². The predicted molar refractivity (Wildman–Crippen MR) is 96.6 cm³/mol. The second kappa shape index (κ2) is 7.06. The van der Waals surface area contributed by atoms with Gasteiger partial charge < -0.3 is 5.32 Å². The maximum absolute atomic E-state index is 12.3. The minimum atomic E-state index is -3.49. The van der Waals surface area contributed by atoms with Crippen molar-refractivity contribution in [3.63, 3.8) is 0 Å². The summed E-state index contributed by atoms with van der Waals surface area (Å²) in [5.41, 5.74) is 1.77. The maximum atomic E-state index is 12.3. The Morgan fingerprint density at radius 3 is 2.23 bits per heavy atom. The second-order valence-electron chi connectivity index (χ2n) is 5.65. The lowest BCUT2D eigenvalue weighted by Crippen LogP contribution is -2.22. The molecule has 0 saturated heterocycles. The third-order valence-electron chi connectivity index (χ3n) is 3.70. The number of anilines is 1. The number of benzene rings is 2. The van der Waals surface area contributed by atoms with Crippen LogP contribution in [0.2, 0.25) is 0 Å². The minimum Gasteiger partial charge on any atom is -0.322 e. The van der Waals surface area contributed by atoms with Crippen molar-refractivity contribution in [3.05, 3.63) is 66.7 Å². The summed E-state index contributed by atoms with van der Waals surface area (Å²) < 4.78 is 26.8. The van der Waals surface area contributed by atoms with Crippen LogP contribution >= 0.6 is 0 Å². The Labute approximate surface area is 151 Å². The van der Waals surface area contributed by atoms with Crippen molar-refractivity contribution < 1.29 is 13.2 Å². The van der Waals surface area contributed by atoms with E-state index in [4.69, 9.17) is 0 Å². The quantitative estimate of drug-likeness (QED) is 0.737. The molecule has 1 heterocycles. The number of carbonyl (C=O) groups excluding carboxylic acids is 1. The monoisotopic (exact) mass is 371 g/mol. The molecule has 1 aromatic heterocycles. The highest BCUT2D eigenvalue weighted by atomic mass is 32.2. The van der Waals surface area contributed by atoms with E-state index in [1.165, 1.54) is 32.6 Å². The Morgan fingerprint density at radius 2 is 1.69 bits per heavy atom. The van der Waals surface area contributed by atoms with Crippen molar-refractivity contribution in [1.82, 2.24) is 19.1 Å². The number of hydrogen-bond donors (Lipinski definition) is 1. The van der Waals surface area contributed by atoms with E-state index in [-0.39, 0.29) is 10.8 Å². The summed E-state index contributed by atoms with van der Waals surface area (Å²) >= 11 is 0. The van der Waals surface area contributed by atoms with E-state index in [1.807, 2.05) is 0 Å². The van der Waals surface area contributed by atoms with Gasteiger partial charge in [-0.1, -0.05) is 0 Å². The molecule has 0 fully saturated rings.